The summed E-state index contributed by atoms with van der Waals surface area (Å²) in [6.45, 7) is 1.52. The van der Waals surface area contributed by atoms with E-state index in [4.69, 9.17) is 0 Å². The van der Waals surface area contributed by atoms with E-state index in [1.165, 1.54) is 11.3 Å². The van der Waals surface area contributed by atoms with Gasteiger partial charge in [-0.1, -0.05) is 23.5 Å². The van der Waals surface area contributed by atoms with Crippen LogP contribution in [0.1, 0.15) is 24.3 Å². The number of aryl methyl sites for hydroxylation is 1. The smallest absolute Gasteiger partial charge is 0.228 e. The van der Waals surface area contributed by atoms with Crippen molar-refractivity contribution < 1.29 is 13.6 Å². The molecule has 2 heterocycles. The van der Waals surface area contributed by atoms with Gasteiger partial charge in [0.05, 0.1) is 0 Å². The molecule has 1 aliphatic carbocycles. The molecule has 2 N–H and O–H groups in total. The molecule has 4 rings (SSSR count). The van der Waals surface area contributed by atoms with Gasteiger partial charge in [0, 0.05) is 35.7 Å². The Bertz CT molecular complexity index is 1040. The lowest BCUT2D eigenvalue weighted by atomic mass is 9.84. The predicted octanol–water partition coefficient (Wildman–Crippen LogP) is 4.07. The molecule has 158 valence electrons. The zero-order chi connectivity index (χ0) is 21.1. The Hall–Kier alpha value is -2.52. The van der Waals surface area contributed by atoms with E-state index in [9.17, 15) is 13.6 Å². The minimum atomic E-state index is -1.16. The van der Waals surface area contributed by atoms with Gasteiger partial charge in [0.2, 0.25) is 5.91 Å². The van der Waals surface area contributed by atoms with Crippen molar-refractivity contribution in [1.82, 2.24) is 20.5 Å². The Morgan fingerprint density at radius 2 is 2.10 bits per heavy atom. The lowest BCUT2D eigenvalue weighted by molar-refractivity contribution is -0.121. The van der Waals surface area contributed by atoms with Gasteiger partial charge in [0.25, 0.3) is 0 Å². The van der Waals surface area contributed by atoms with Crippen LogP contribution < -0.4 is 10.6 Å². The maximum absolute atomic E-state index is 14.3. The van der Waals surface area contributed by atoms with E-state index in [0.29, 0.717) is 18.7 Å². The van der Waals surface area contributed by atoms with E-state index in [1.54, 1.807) is 6.20 Å². The molecule has 1 aromatic carbocycles. The van der Waals surface area contributed by atoms with E-state index in [0.717, 1.165) is 26.4 Å². The fourth-order valence-electron chi connectivity index (χ4n) is 3.81. The van der Waals surface area contributed by atoms with Crippen molar-refractivity contribution in [2.24, 2.45) is 5.92 Å². The normalized spacial score (nSPS) is 21.6. The Labute approximate surface area is 177 Å². The number of fused-ring (bicyclic) bond motifs is 1. The highest BCUT2D eigenvalue weighted by Crippen LogP contribution is 2.30. The van der Waals surface area contributed by atoms with Crippen LogP contribution in [0.4, 0.5) is 14.6 Å². The van der Waals surface area contributed by atoms with Gasteiger partial charge in [0.1, 0.15) is 28.7 Å². The maximum Gasteiger partial charge on any atom is 0.228 e. The highest BCUT2D eigenvalue weighted by Gasteiger charge is 2.33. The number of amides is 1. The summed E-state index contributed by atoms with van der Waals surface area (Å²) in [7, 11) is 0. The number of benzene rings is 1. The Balaban J connectivity index is 1.45. The largest absolute Gasteiger partial charge is 0.310 e. The molecule has 0 saturated heterocycles. The summed E-state index contributed by atoms with van der Waals surface area (Å²) in [6, 6.07) is 7.35. The third-order valence-electron chi connectivity index (χ3n) is 5.39. The van der Waals surface area contributed by atoms with Crippen LogP contribution in [0, 0.1) is 12.8 Å². The number of hydrogen-bond donors (Lipinski definition) is 2. The van der Waals surface area contributed by atoms with Crippen LogP contribution in [-0.2, 0) is 4.79 Å². The predicted molar refractivity (Wildman–Crippen MR) is 114 cm³/mol. The van der Waals surface area contributed by atoms with Gasteiger partial charge in [-0.3, -0.25) is 4.79 Å². The number of rotatable bonds is 6. The molecular weight excluding hydrogens is 408 g/mol. The number of alkyl halides is 2. The number of carbonyl (C=O) groups is 1. The van der Waals surface area contributed by atoms with E-state index in [2.05, 4.69) is 25.8 Å². The monoisotopic (exact) mass is 431 g/mol. The summed E-state index contributed by atoms with van der Waals surface area (Å²) < 4.78 is 26.6. The molecule has 2 aromatic heterocycles. The van der Waals surface area contributed by atoms with Gasteiger partial charge in [-0.25, -0.2) is 13.8 Å². The third-order valence-corrected chi connectivity index (χ3v) is 6.28. The van der Waals surface area contributed by atoms with Crippen LogP contribution in [0.5, 0.6) is 0 Å². The molecule has 6 nitrogen and oxygen atoms in total. The third kappa shape index (κ3) is 4.62. The van der Waals surface area contributed by atoms with Gasteiger partial charge in [-0.15, -0.1) is 10.2 Å². The van der Waals surface area contributed by atoms with Crippen LogP contribution in [0.3, 0.4) is 0 Å². The maximum atomic E-state index is 14.3. The average Bonchev–Trinajstić information content (AvgIpc) is 3.18. The molecular formula is C21H23F2N5OS. The first kappa shape index (κ1) is 20.7. The lowest BCUT2D eigenvalue weighted by Crippen LogP contribution is -2.45. The number of anilines is 1. The summed E-state index contributed by atoms with van der Waals surface area (Å²) in [6.07, 6.45) is 1.74. The number of carbonyl (C=O) groups excluding carboxylic acids is 1. The fourth-order valence-corrected chi connectivity index (χ4v) is 4.50. The molecule has 3 aromatic rings. The highest BCUT2D eigenvalue weighted by molar-refractivity contribution is 7.14. The van der Waals surface area contributed by atoms with Crippen molar-refractivity contribution in [2.75, 3.05) is 18.5 Å². The summed E-state index contributed by atoms with van der Waals surface area (Å²) in [5.41, 5.74) is 0.955. The van der Waals surface area contributed by atoms with Crippen LogP contribution in [0.25, 0.3) is 21.3 Å². The number of nitrogens with one attached hydrogen (secondary N) is 2. The van der Waals surface area contributed by atoms with Crippen LogP contribution in [-0.4, -0.2) is 46.5 Å². The second-order valence-electron chi connectivity index (χ2n) is 7.52. The Kier molecular flexibility index (Phi) is 6.29. The van der Waals surface area contributed by atoms with Gasteiger partial charge in [-0.05, 0) is 43.7 Å². The Morgan fingerprint density at radius 1 is 1.23 bits per heavy atom. The molecule has 1 amide bonds. The van der Waals surface area contributed by atoms with Crippen LogP contribution in [0.15, 0.2) is 30.5 Å². The van der Waals surface area contributed by atoms with E-state index < -0.39 is 18.8 Å². The summed E-state index contributed by atoms with van der Waals surface area (Å²) in [4.78, 5) is 17.0. The summed E-state index contributed by atoms with van der Waals surface area (Å²) in [5, 5.41) is 17.5. The van der Waals surface area contributed by atoms with E-state index >= 15 is 0 Å². The van der Waals surface area contributed by atoms with Crippen LogP contribution in [0.2, 0.25) is 0 Å². The molecule has 0 spiro atoms. The summed E-state index contributed by atoms with van der Waals surface area (Å²) >= 11 is 1.52. The van der Waals surface area contributed by atoms with E-state index in [1.807, 2.05) is 31.2 Å². The molecule has 0 radical (unpaired) electrons. The molecule has 0 bridgehead atoms. The number of pyridine rings is 1. The number of aromatic nitrogens is 3. The fraction of sp³-hybridized carbons (Fsp3) is 0.429. The molecule has 1 aliphatic rings. The minimum absolute atomic E-state index is 0.129. The number of nitrogens with zero attached hydrogens (tertiary/aromatic N) is 3. The highest BCUT2D eigenvalue weighted by atomic mass is 32.1. The minimum Gasteiger partial charge on any atom is -0.310 e. The van der Waals surface area contributed by atoms with Crippen molar-refractivity contribution >= 4 is 33.8 Å². The second-order valence-corrected chi connectivity index (χ2v) is 8.70. The second kappa shape index (κ2) is 9.09. The molecule has 9 heteroatoms. The topological polar surface area (TPSA) is 79.8 Å². The molecule has 1 saturated carbocycles. The van der Waals surface area contributed by atoms with Crippen LogP contribution >= 0.6 is 11.3 Å². The molecule has 0 aliphatic heterocycles. The average molecular weight is 432 g/mol. The van der Waals surface area contributed by atoms with Gasteiger partial charge < -0.3 is 10.6 Å². The lowest BCUT2D eigenvalue weighted by Gasteiger charge is -2.31. The van der Waals surface area contributed by atoms with Crippen molar-refractivity contribution in [2.45, 2.75) is 38.4 Å². The van der Waals surface area contributed by atoms with Gasteiger partial charge >= 0.3 is 0 Å². The standard InChI is InChI=1S/C21H23F2N5OS/c1-12-27-28-21(30-12)14-2-3-15-11-25-19(10-16(15)8-14)26-20(29)13-4-5-18(17(23)9-13)24-7-6-22/h2-3,8,10-11,13,17-18,24H,4-7,9H2,1H3,(H,25,26,29)/t13?,17-,18-/m0/s1. The van der Waals surface area contributed by atoms with Crippen molar-refractivity contribution in [1.29, 1.82) is 0 Å². The first-order chi connectivity index (χ1) is 14.5. The summed E-state index contributed by atoms with van der Waals surface area (Å²) in [5.74, 6) is -0.216. The van der Waals surface area contributed by atoms with Crippen molar-refractivity contribution in [3.8, 4) is 10.6 Å². The molecule has 1 fully saturated rings. The Morgan fingerprint density at radius 3 is 2.83 bits per heavy atom. The van der Waals surface area contributed by atoms with Crippen molar-refractivity contribution in [3.05, 3.63) is 35.5 Å². The first-order valence-electron chi connectivity index (χ1n) is 9.98. The molecule has 1 unspecified atom stereocenters. The quantitative estimate of drug-likeness (QED) is 0.615. The SMILES string of the molecule is Cc1nnc(-c2ccc3cnc(NC(=O)C4CC[C@H](NCCF)[C@@H](F)C4)cc3c2)s1. The first-order valence-corrected chi connectivity index (χ1v) is 10.8. The van der Waals surface area contributed by atoms with Gasteiger partial charge in [-0.2, -0.15) is 0 Å². The number of halogens is 2. The van der Waals surface area contributed by atoms with Gasteiger partial charge in [0.15, 0.2) is 0 Å². The zero-order valence-electron chi connectivity index (χ0n) is 16.6. The molecule has 3 atom stereocenters. The van der Waals surface area contributed by atoms with E-state index in [-0.39, 0.29) is 24.9 Å². The van der Waals surface area contributed by atoms with Crippen molar-refractivity contribution in [3.63, 3.8) is 0 Å². The zero-order valence-corrected chi connectivity index (χ0v) is 17.4. The number of hydrogen-bond acceptors (Lipinski definition) is 6. The molecule has 30 heavy (non-hydrogen) atoms.